The van der Waals surface area contributed by atoms with Crippen LogP contribution in [-0.4, -0.2) is 37.3 Å². The second-order valence-electron chi connectivity index (χ2n) is 5.97. The van der Waals surface area contributed by atoms with Crippen LogP contribution in [0.1, 0.15) is 43.1 Å². The maximum absolute atomic E-state index is 12.5. The fourth-order valence-electron chi connectivity index (χ4n) is 2.45. The second kappa shape index (κ2) is 5.61. The zero-order valence-electron chi connectivity index (χ0n) is 13.2. The fourth-order valence-corrected chi connectivity index (χ4v) is 3.80. The average molecular weight is 337 g/mol. The van der Waals surface area contributed by atoms with Gasteiger partial charge in [0.2, 0.25) is 10.0 Å². The Bertz CT molecular complexity index is 866. The van der Waals surface area contributed by atoms with Gasteiger partial charge in [-0.1, -0.05) is 0 Å². The van der Waals surface area contributed by atoms with E-state index in [0.717, 1.165) is 12.8 Å². The van der Waals surface area contributed by atoms with Crippen molar-refractivity contribution < 1.29 is 17.9 Å². The van der Waals surface area contributed by atoms with Gasteiger partial charge in [-0.3, -0.25) is 4.68 Å². The van der Waals surface area contributed by atoms with Gasteiger partial charge in [-0.15, -0.1) is 0 Å². The van der Waals surface area contributed by atoms with Crippen LogP contribution in [0.4, 0.5) is 0 Å². The van der Waals surface area contributed by atoms with Crippen LogP contribution in [0.5, 0.6) is 0 Å². The summed E-state index contributed by atoms with van der Waals surface area (Å²) in [5.74, 6) is -0.582. The monoisotopic (exact) mass is 337 g/mol. The number of ether oxygens (including phenoxy) is 1. The molecule has 1 fully saturated rings. The van der Waals surface area contributed by atoms with Crippen molar-refractivity contribution in [1.29, 1.82) is 0 Å². The first kappa shape index (κ1) is 15.9. The highest BCUT2D eigenvalue weighted by molar-refractivity contribution is 7.89. The molecular formula is C15H19N3O4S. The minimum atomic E-state index is -3.67. The van der Waals surface area contributed by atoms with Crippen LogP contribution in [-0.2, 0) is 14.8 Å². The fraction of sp³-hybridized carbons (Fsp3) is 0.467. The standard InChI is InChI=1S/C15H19N3O4S/c1-9(2)18-14-7-11(23(20,21)17-10-4-5-10)6-12(15(19)22-3)13(14)8-16-18/h6-10,17H,4-5H2,1-3H3. The van der Waals surface area contributed by atoms with Gasteiger partial charge in [-0.25, -0.2) is 17.9 Å². The number of benzene rings is 1. The van der Waals surface area contributed by atoms with Gasteiger partial charge in [0.25, 0.3) is 0 Å². The number of hydrogen-bond donors (Lipinski definition) is 1. The van der Waals surface area contributed by atoms with E-state index in [2.05, 4.69) is 9.82 Å². The first-order chi connectivity index (χ1) is 10.8. The van der Waals surface area contributed by atoms with Crippen LogP contribution in [0.2, 0.25) is 0 Å². The number of aromatic nitrogens is 2. The van der Waals surface area contributed by atoms with Crippen molar-refractivity contribution >= 4 is 26.9 Å². The third-order valence-electron chi connectivity index (χ3n) is 3.79. The molecule has 0 bridgehead atoms. The number of carbonyl (C=O) groups excluding carboxylic acids is 1. The van der Waals surface area contributed by atoms with Crippen molar-refractivity contribution in [2.24, 2.45) is 0 Å². The normalized spacial score (nSPS) is 15.3. The van der Waals surface area contributed by atoms with Gasteiger partial charge in [-0.2, -0.15) is 5.10 Å². The van der Waals surface area contributed by atoms with Crippen LogP contribution >= 0.6 is 0 Å². The third-order valence-corrected chi connectivity index (χ3v) is 5.29. The minimum absolute atomic E-state index is 0.00715. The summed E-state index contributed by atoms with van der Waals surface area (Å²) in [4.78, 5) is 12.1. The molecule has 23 heavy (non-hydrogen) atoms. The lowest BCUT2D eigenvalue weighted by Crippen LogP contribution is -2.26. The Labute approximate surface area is 134 Å². The van der Waals surface area contributed by atoms with E-state index in [1.54, 1.807) is 16.9 Å². The quantitative estimate of drug-likeness (QED) is 0.841. The molecule has 1 aliphatic carbocycles. The zero-order valence-corrected chi connectivity index (χ0v) is 14.1. The Morgan fingerprint density at radius 3 is 2.65 bits per heavy atom. The van der Waals surface area contributed by atoms with E-state index in [-0.39, 0.29) is 22.5 Å². The number of hydrogen-bond acceptors (Lipinski definition) is 5. The molecule has 1 aliphatic rings. The summed E-state index contributed by atoms with van der Waals surface area (Å²) in [6, 6.07) is 2.93. The van der Waals surface area contributed by atoms with Gasteiger partial charge >= 0.3 is 5.97 Å². The van der Waals surface area contributed by atoms with Crippen molar-refractivity contribution in [2.75, 3.05) is 7.11 Å². The number of methoxy groups -OCH3 is 1. The SMILES string of the molecule is COC(=O)c1cc(S(=O)(=O)NC2CC2)cc2c1cnn2C(C)C. The number of fused-ring (bicyclic) bond motifs is 1. The molecule has 1 N–H and O–H groups in total. The number of sulfonamides is 1. The smallest absolute Gasteiger partial charge is 0.338 e. The lowest BCUT2D eigenvalue weighted by molar-refractivity contribution is 0.0602. The Kier molecular flexibility index (Phi) is 3.89. The molecule has 0 saturated heterocycles. The van der Waals surface area contributed by atoms with E-state index < -0.39 is 16.0 Å². The van der Waals surface area contributed by atoms with Gasteiger partial charge in [0.1, 0.15) is 0 Å². The molecule has 2 aromatic rings. The van der Waals surface area contributed by atoms with E-state index in [1.165, 1.54) is 13.2 Å². The molecule has 0 unspecified atom stereocenters. The molecule has 8 heteroatoms. The highest BCUT2D eigenvalue weighted by Crippen LogP contribution is 2.28. The van der Waals surface area contributed by atoms with Crippen LogP contribution in [0.3, 0.4) is 0 Å². The average Bonchev–Trinajstić information content (AvgIpc) is 3.18. The third kappa shape index (κ3) is 2.96. The van der Waals surface area contributed by atoms with E-state index in [1.807, 2.05) is 13.8 Å². The first-order valence-corrected chi connectivity index (χ1v) is 8.93. The summed E-state index contributed by atoms with van der Waals surface area (Å²) >= 11 is 0. The number of esters is 1. The van der Waals surface area contributed by atoms with Crippen molar-refractivity contribution in [3.8, 4) is 0 Å². The van der Waals surface area contributed by atoms with E-state index in [4.69, 9.17) is 4.74 Å². The van der Waals surface area contributed by atoms with Crippen LogP contribution in [0.15, 0.2) is 23.2 Å². The molecule has 3 rings (SSSR count). The van der Waals surface area contributed by atoms with E-state index >= 15 is 0 Å². The van der Waals surface area contributed by atoms with Crippen molar-refractivity contribution in [3.63, 3.8) is 0 Å². The molecule has 1 saturated carbocycles. The van der Waals surface area contributed by atoms with Gasteiger partial charge in [-0.05, 0) is 38.8 Å². The van der Waals surface area contributed by atoms with Crippen LogP contribution in [0, 0.1) is 0 Å². The lowest BCUT2D eigenvalue weighted by Gasteiger charge is -2.11. The summed E-state index contributed by atoms with van der Waals surface area (Å²) in [5.41, 5.74) is 0.798. The molecule has 1 aromatic heterocycles. The maximum Gasteiger partial charge on any atom is 0.338 e. The van der Waals surface area contributed by atoms with Crippen molar-refractivity contribution in [3.05, 3.63) is 23.9 Å². The predicted octanol–water partition coefficient (Wildman–Crippen LogP) is 1.84. The topological polar surface area (TPSA) is 90.3 Å². The minimum Gasteiger partial charge on any atom is -0.465 e. The lowest BCUT2D eigenvalue weighted by atomic mass is 10.1. The Morgan fingerprint density at radius 2 is 2.09 bits per heavy atom. The molecule has 1 heterocycles. The predicted molar refractivity (Wildman–Crippen MR) is 84.8 cm³/mol. The van der Waals surface area contributed by atoms with Gasteiger partial charge in [0.05, 0.1) is 29.3 Å². The number of nitrogens with one attached hydrogen (secondary N) is 1. The van der Waals surface area contributed by atoms with Gasteiger partial charge in [0.15, 0.2) is 0 Å². The van der Waals surface area contributed by atoms with Crippen molar-refractivity contribution in [1.82, 2.24) is 14.5 Å². The van der Waals surface area contributed by atoms with Crippen molar-refractivity contribution in [2.45, 2.75) is 43.7 Å². The summed E-state index contributed by atoms with van der Waals surface area (Å²) in [6.07, 6.45) is 3.25. The van der Waals surface area contributed by atoms with Gasteiger partial charge < -0.3 is 4.74 Å². The molecular weight excluding hydrogens is 318 g/mol. The highest BCUT2D eigenvalue weighted by Gasteiger charge is 2.29. The Balaban J connectivity index is 2.22. The summed E-state index contributed by atoms with van der Waals surface area (Å²) in [5, 5.41) is 4.84. The molecule has 0 spiro atoms. The van der Waals surface area contributed by atoms with Crippen LogP contribution in [0.25, 0.3) is 10.9 Å². The largest absolute Gasteiger partial charge is 0.465 e. The molecule has 7 nitrogen and oxygen atoms in total. The van der Waals surface area contributed by atoms with E-state index in [9.17, 15) is 13.2 Å². The molecule has 0 aliphatic heterocycles. The molecule has 1 aromatic carbocycles. The number of carbonyl (C=O) groups is 1. The highest BCUT2D eigenvalue weighted by atomic mass is 32.2. The first-order valence-electron chi connectivity index (χ1n) is 7.45. The number of rotatable bonds is 5. The molecule has 0 atom stereocenters. The van der Waals surface area contributed by atoms with Crippen LogP contribution < -0.4 is 4.72 Å². The van der Waals surface area contributed by atoms with Gasteiger partial charge in [0, 0.05) is 17.5 Å². The summed E-state index contributed by atoms with van der Waals surface area (Å²) < 4.78 is 34.1. The number of nitrogens with zero attached hydrogens (tertiary/aromatic N) is 2. The van der Waals surface area contributed by atoms with E-state index in [0.29, 0.717) is 10.9 Å². The second-order valence-corrected chi connectivity index (χ2v) is 7.69. The molecule has 0 radical (unpaired) electrons. The Hall–Kier alpha value is -1.93. The summed E-state index contributed by atoms with van der Waals surface area (Å²) in [6.45, 7) is 3.88. The molecule has 124 valence electrons. The maximum atomic E-state index is 12.5. The molecule has 0 amide bonds. The summed E-state index contributed by atoms with van der Waals surface area (Å²) in [7, 11) is -2.40. The Morgan fingerprint density at radius 1 is 1.39 bits per heavy atom. The zero-order chi connectivity index (χ0) is 16.8.